The van der Waals surface area contributed by atoms with Crippen molar-refractivity contribution in [2.75, 3.05) is 0 Å². The molecule has 2 aromatic rings. The zero-order valence-electron chi connectivity index (χ0n) is 10.7. The van der Waals surface area contributed by atoms with Gasteiger partial charge in [0.15, 0.2) is 0 Å². The second-order valence-corrected chi connectivity index (χ2v) is 6.62. The molecule has 1 aromatic carbocycles. The lowest BCUT2D eigenvalue weighted by molar-refractivity contribution is -0.384. The van der Waals surface area contributed by atoms with Crippen molar-refractivity contribution >= 4 is 46.3 Å². The van der Waals surface area contributed by atoms with E-state index in [1.807, 2.05) is 0 Å². The lowest BCUT2D eigenvalue weighted by atomic mass is 10.2. The molecule has 0 spiro atoms. The first-order valence-electron chi connectivity index (χ1n) is 5.76. The summed E-state index contributed by atoms with van der Waals surface area (Å²) in [5, 5.41) is 11.2. The van der Waals surface area contributed by atoms with E-state index in [9.17, 15) is 14.9 Å². The smallest absolute Gasteiger partial charge is 0.293 e. The summed E-state index contributed by atoms with van der Waals surface area (Å²) in [5.74, 6) is -0.757. The van der Waals surface area contributed by atoms with Crippen LogP contribution in [0.4, 0.5) is 5.69 Å². The van der Waals surface area contributed by atoms with Crippen LogP contribution in [-0.4, -0.2) is 19.1 Å². The molecule has 0 atom stereocenters. The van der Waals surface area contributed by atoms with Gasteiger partial charge in [-0.1, -0.05) is 40.9 Å². The van der Waals surface area contributed by atoms with Crippen LogP contribution in [0.25, 0.3) is 5.69 Å². The van der Waals surface area contributed by atoms with E-state index in [1.165, 1.54) is 22.9 Å². The van der Waals surface area contributed by atoms with Crippen LogP contribution in [-0.2, 0) is 0 Å². The summed E-state index contributed by atoms with van der Waals surface area (Å²) in [5.41, 5.74) is 0.881. The van der Waals surface area contributed by atoms with Gasteiger partial charge in [0, 0.05) is 12.3 Å². The first-order chi connectivity index (χ1) is 9.71. The highest BCUT2D eigenvalue weighted by Gasteiger charge is 2.34. The minimum Gasteiger partial charge on any atom is -0.308 e. The van der Waals surface area contributed by atoms with E-state index < -0.39 is 14.5 Å². The van der Waals surface area contributed by atoms with Gasteiger partial charge in [-0.15, -0.1) is 0 Å². The molecule has 0 amide bonds. The molecule has 0 fully saturated rings. The summed E-state index contributed by atoms with van der Waals surface area (Å²) in [6.07, 6.45) is 1.50. The molecule has 1 heterocycles. The number of carbonyl (C=O) groups is 1. The monoisotopic (exact) mass is 346 g/mol. The number of ketones is 1. The molecule has 0 aliphatic rings. The molecule has 1 aromatic heterocycles. The van der Waals surface area contributed by atoms with Gasteiger partial charge in [0.2, 0.25) is 5.78 Å². The van der Waals surface area contributed by atoms with Crippen molar-refractivity contribution in [3.05, 3.63) is 57.9 Å². The third kappa shape index (κ3) is 3.20. The number of carbonyl (C=O) groups excluding carboxylic acids is 1. The predicted molar refractivity (Wildman–Crippen MR) is 81.8 cm³/mol. The van der Waals surface area contributed by atoms with Crippen LogP contribution >= 0.6 is 34.8 Å². The van der Waals surface area contributed by atoms with Crippen molar-refractivity contribution in [2.24, 2.45) is 0 Å². The lowest BCUT2D eigenvalue weighted by Crippen LogP contribution is -2.22. The van der Waals surface area contributed by atoms with Gasteiger partial charge in [0.25, 0.3) is 9.48 Å². The van der Waals surface area contributed by atoms with E-state index in [0.717, 1.165) is 5.56 Å². The Morgan fingerprint density at radius 2 is 1.95 bits per heavy atom. The molecule has 110 valence electrons. The quantitative estimate of drug-likeness (QED) is 0.361. The Kier molecular flexibility index (Phi) is 4.27. The molecular weight excluding hydrogens is 339 g/mol. The molecule has 5 nitrogen and oxygen atoms in total. The van der Waals surface area contributed by atoms with E-state index in [0.29, 0.717) is 0 Å². The lowest BCUT2D eigenvalue weighted by Gasteiger charge is -2.13. The van der Waals surface area contributed by atoms with Gasteiger partial charge in [-0.25, -0.2) is 0 Å². The summed E-state index contributed by atoms with van der Waals surface area (Å²) >= 11 is 16.8. The maximum Gasteiger partial charge on any atom is 0.293 e. The maximum absolute atomic E-state index is 12.1. The first-order valence-corrected chi connectivity index (χ1v) is 6.89. The van der Waals surface area contributed by atoms with Gasteiger partial charge in [-0.2, -0.15) is 0 Å². The summed E-state index contributed by atoms with van der Waals surface area (Å²) < 4.78 is -0.794. The number of rotatable bonds is 3. The second-order valence-electron chi connectivity index (χ2n) is 4.34. The molecule has 0 saturated carbocycles. The van der Waals surface area contributed by atoms with E-state index in [1.54, 1.807) is 25.1 Å². The van der Waals surface area contributed by atoms with Crippen LogP contribution in [0.15, 0.2) is 36.5 Å². The number of Topliss-reactive ketones (excluding diaryl/α,β-unsaturated/α-hetero) is 1. The molecule has 0 aliphatic heterocycles. The van der Waals surface area contributed by atoms with E-state index >= 15 is 0 Å². The van der Waals surface area contributed by atoms with Crippen LogP contribution in [0, 0.1) is 17.0 Å². The Balaban J connectivity index is 2.63. The number of aryl methyl sites for hydroxylation is 1. The molecule has 0 aliphatic carbocycles. The fourth-order valence-electron chi connectivity index (χ4n) is 1.90. The van der Waals surface area contributed by atoms with Gasteiger partial charge in [-0.3, -0.25) is 14.9 Å². The fraction of sp³-hybridized carbons (Fsp3) is 0.154. The zero-order valence-corrected chi connectivity index (χ0v) is 13.0. The Bertz CT molecular complexity index is 720. The standard InChI is InChI=1S/C13H9Cl3N2O3/c1-8-4-5-9(11(7-8)18(20)21)17-6-2-3-10(17)12(19)13(14,15)16/h2-7H,1H3. The van der Waals surface area contributed by atoms with E-state index in [4.69, 9.17) is 34.8 Å². The number of nitrogens with zero attached hydrogens (tertiary/aromatic N) is 2. The van der Waals surface area contributed by atoms with Crippen molar-refractivity contribution in [1.82, 2.24) is 4.57 Å². The number of hydrogen-bond acceptors (Lipinski definition) is 3. The highest BCUT2D eigenvalue weighted by atomic mass is 35.6. The van der Waals surface area contributed by atoms with Crippen molar-refractivity contribution in [2.45, 2.75) is 10.7 Å². The minimum absolute atomic E-state index is 0.0574. The van der Waals surface area contributed by atoms with Gasteiger partial charge in [0.1, 0.15) is 5.69 Å². The van der Waals surface area contributed by atoms with Crippen molar-refractivity contribution in [3.63, 3.8) is 0 Å². The van der Waals surface area contributed by atoms with Gasteiger partial charge in [0.05, 0.1) is 10.6 Å². The molecule has 0 unspecified atom stereocenters. The van der Waals surface area contributed by atoms with Crippen molar-refractivity contribution in [3.8, 4) is 5.69 Å². The summed E-state index contributed by atoms with van der Waals surface area (Å²) in [6, 6.07) is 7.65. The number of halogens is 3. The first kappa shape index (κ1) is 15.8. The number of nitro groups is 1. The number of alkyl halides is 3. The van der Waals surface area contributed by atoms with Gasteiger partial charge in [-0.05, 0) is 30.7 Å². The minimum atomic E-state index is -2.13. The Morgan fingerprint density at radius 1 is 1.29 bits per heavy atom. The number of benzene rings is 1. The molecule has 21 heavy (non-hydrogen) atoms. The third-order valence-electron chi connectivity index (χ3n) is 2.83. The normalized spacial score (nSPS) is 11.4. The Labute approximate surface area is 135 Å². The summed E-state index contributed by atoms with van der Waals surface area (Å²) in [4.78, 5) is 22.7. The van der Waals surface area contributed by atoms with Crippen LogP contribution < -0.4 is 0 Å². The molecular formula is C13H9Cl3N2O3. The number of aromatic nitrogens is 1. The molecule has 8 heteroatoms. The molecule has 0 saturated heterocycles. The Morgan fingerprint density at radius 3 is 2.52 bits per heavy atom. The van der Waals surface area contributed by atoms with E-state index in [-0.39, 0.29) is 17.1 Å². The number of nitro benzene ring substituents is 1. The van der Waals surface area contributed by atoms with E-state index in [2.05, 4.69) is 0 Å². The average Bonchev–Trinajstić information content (AvgIpc) is 2.85. The SMILES string of the molecule is Cc1ccc(-n2cccc2C(=O)C(Cl)(Cl)Cl)c([N+](=O)[O-])c1. The summed E-state index contributed by atoms with van der Waals surface area (Å²) in [7, 11) is 0. The van der Waals surface area contributed by atoms with Gasteiger partial charge < -0.3 is 4.57 Å². The molecule has 0 radical (unpaired) electrons. The predicted octanol–water partition coefficient (Wildman–Crippen LogP) is 4.25. The average molecular weight is 348 g/mol. The van der Waals surface area contributed by atoms with Crippen LogP contribution in [0.1, 0.15) is 16.1 Å². The highest BCUT2D eigenvalue weighted by Crippen LogP contribution is 2.33. The third-order valence-corrected chi connectivity index (χ3v) is 3.34. The van der Waals surface area contributed by atoms with Crippen LogP contribution in [0.2, 0.25) is 0 Å². The highest BCUT2D eigenvalue weighted by molar-refractivity contribution is 6.77. The van der Waals surface area contributed by atoms with Crippen molar-refractivity contribution in [1.29, 1.82) is 0 Å². The largest absolute Gasteiger partial charge is 0.308 e. The zero-order chi connectivity index (χ0) is 15.8. The molecule has 0 bridgehead atoms. The Hall–Kier alpha value is -1.56. The maximum atomic E-state index is 12.1. The van der Waals surface area contributed by atoms with Crippen LogP contribution in [0.5, 0.6) is 0 Å². The number of hydrogen-bond donors (Lipinski definition) is 0. The second kappa shape index (κ2) is 5.67. The fourth-order valence-corrected chi connectivity index (χ4v) is 2.20. The summed E-state index contributed by atoms with van der Waals surface area (Å²) in [6.45, 7) is 1.74. The van der Waals surface area contributed by atoms with Gasteiger partial charge >= 0.3 is 0 Å². The van der Waals surface area contributed by atoms with Crippen LogP contribution in [0.3, 0.4) is 0 Å². The topological polar surface area (TPSA) is 65.1 Å². The van der Waals surface area contributed by atoms with Crippen molar-refractivity contribution < 1.29 is 9.72 Å². The molecule has 2 rings (SSSR count). The molecule has 0 N–H and O–H groups in total.